The van der Waals surface area contributed by atoms with Crippen LogP contribution in [-0.2, 0) is 6.54 Å². The number of nitrogens with zero attached hydrogens (tertiary/aromatic N) is 2. The van der Waals surface area contributed by atoms with Crippen LogP contribution in [-0.4, -0.2) is 28.5 Å². The number of furan rings is 1. The predicted molar refractivity (Wildman–Crippen MR) is 66.3 cm³/mol. The molecule has 0 fully saturated rings. The number of aliphatic hydroxyl groups is 1. The summed E-state index contributed by atoms with van der Waals surface area (Å²) >= 11 is 0. The van der Waals surface area contributed by atoms with Crippen LogP contribution in [0, 0.1) is 6.92 Å². The van der Waals surface area contributed by atoms with Crippen molar-refractivity contribution in [3.05, 3.63) is 41.7 Å². The van der Waals surface area contributed by atoms with Crippen LogP contribution in [0.1, 0.15) is 21.9 Å². The van der Waals surface area contributed by atoms with Crippen molar-refractivity contribution in [3.8, 4) is 0 Å². The van der Waals surface area contributed by atoms with Crippen LogP contribution >= 0.6 is 0 Å². The largest absolute Gasteiger partial charge is 0.467 e. The van der Waals surface area contributed by atoms with Crippen LogP contribution in [0.5, 0.6) is 0 Å². The Bertz CT molecular complexity index is 483. The standard InChI is InChI=1S/C11H11N3O2.CH4O/c1-8-12-5-9(7-15)11(14-8)13-6-10-3-2-4-16-10;1-2/h2-5,7H,6H2,1H3,(H,12,13,14);2H,1H3. The SMILES string of the molecule is CO.Cc1ncc(C=O)c(NCc2ccco2)n1. The molecule has 0 aliphatic rings. The van der Waals surface area contributed by atoms with E-state index in [-0.39, 0.29) is 0 Å². The number of aromatic nitrogens is 2. The van der Waals surface area contributed by atoms with Crippen molar-refractivity contribution in [2.24, 2.45) is 0 Å². The monoisotopic (exact) mass is 249 g/mol. The molecule has 96 valence electrons. The molecule has 0 aliphatic carbocycles. The molecule has 0 amide bonds. The lowest BCUT2D eigenvalue weighted by molar-refractivity contribution is 0.112. The molecule has 0 radical (unpaired) electrons. The third-order valence-electron chi connectivity index (χ3n) is 2.07. The highest BCUT2D eigenvalue weighted by atomic mass is 16.3. The van der Waals surface area contributed by atoms with Crippen molar-refractivity contribution < 1.29 is 14.3 Å². The van der Waals surface area contributed by atoms with Crippen molar-refractivity contribution in [2.45, 2.75) is 13.5 Å². The van der Waals surface area contributed by atoms with E-state index in [2.05, 4.69) is 15.3 Å². The van der Waals surface area contributed by atoms with Crippen LogP contribution in [0.25, 0.3) is 0 Å². The Morgan fingerprint density at radius 1 is 1.50 bits per heavy atom. The van der Waals surface area contributed by atoms with Gasteiger partial charge in [-0.15, -0.1) is 0 Å². The molecule has 6 nitrogen and oxygen atoms in total. The molecule has 2 N–H and O–H groups in total. The number of carbonyl (C=O) groups is 1. The molecule has 0 atom stereocenters. The summed E-state index contributed by atoms with van der Waals surface area (Å²) in [5.74, 6) is 1.93. The average molecular weight is 249 g/mol. The second-order valence-corrected chi connectivity index (χ2v) is 3.27. The highest BCUT2D eigenvalue weighted by Gasteiger charge is 2.04. The van der Waals surface area contributed by atoms with E-state index in [1.54, 1.807) is 13.2 Å². The van der Waals surface area contributed by atoms with Gasteiger partial charge in [0.05, 0.1) is 18.4 Å². The molecular formula is C12H15N3O3. The first-order chi connectivity index (χ1) is 8.79. The van der Waals surface area contributed by atoms with Gasteiger partial charge in [0.2, 0.25) is 0 Å². The number of nitrogens with one attached hydrogen (secondary N) is 1. The van der Waals surface area contributed by atoms with Gasteiger partial charge in [0.25, 0.3) is 0 Å². The third-order valence-corrected chi connectivity index (χ3v) is 2.07. The van der Waals surface area contributed by atoms with E-state index in [4.69, 9.17) is 9.52 Å². The second kappa shape index (κ2) is 7.18. The highest BCUT2D eigenvalue weighted by molar-refractivity contribution is 5.81. The number of aldehydes is 1. The molecule has 0 saturated heterocycles. The number of hydrogen-bond donors (Lipinski definition) is 2. The van der Waals surface area contributed by atoms with E-state index in [1.165, 1.54) is 6.20 Å². The summed E-state index contributed by atoms with van der Waals surface area (Å²) in [7, 11) is 1.00. The maximum absolute atomic E-state index is 10.8. The van der Waals surface area contributed by atoms with Crippen molar-refractivity contribution in [2.75, 3.05) is 12.4 Å². The second-order valence-electron chi connectivity index (χ2n) is 3.27. The van der Waals surface area contributed by atoms with Gasteiger partial charge in [-0.3, -0.25) is 4.79 Å². The number of aliphatic hydroxyl groups excluding tert-OH is 1. The lowest BCUT2D eigenvalue weighted by atomic mass is 10.3. The number of carbonyl (C=O) groups excluding carboxylic acids is 1. The van der Waals surface area contributed by atoms with Crippen LogP contribution in [0.4, 0.5) is 5.82 Å². The van der Waals surface area contributed by atoms with Crippen molar-refractivity contribution in [1.29, 1.82) is 0 Å². The zero-order valence-electron chi connectivity index (χ0n) is 10.3. The van der Waals surface area contributed by atoms with Crippen LogP contribution < -0.4 is 5.32 Å². The molecule has 2 heterocycles. The fourth-order valence-electron chi connectivity index (χ4n) is 1.29. The van der Waals surface area contributed by atoms with Gasteiger partial charge in [0, 0.05) is 13.3 Å². The zero-order valence-corrected chi connectivity index (χ0v) is 10.3. The molecule has 0 aromatic carbocycles. The molecule has 6 heteroatoms. The van der Waals surface area contributed by atoms with Gasteiger partial charge in [0.15, 0.2) is 6.29 Å². The molecule has 0 bridgehead atoms. The summed E-state index contributed by atoms with van der Waals surface area (Å²) in [5.41, 5.74) is 0.442. The predicted octanol–water partition coefficient (Wildman–Crippen LogP) is 1.41. The molecule has 18 heavy (non-hydrogen) atoms. The summed E-state index contributed by atoms with van der Waals surface area (Å²) in [5, 5.41) is 10.0. The maximum atomic E-state index is 10.8. The zero-order chi connectivity index (χ0) is 13.4. The number of hydrogen-bond acceptors (Lipinski definition) is 6. The molecule has 0 saturated carbocycles. The minimum absolute atomic E-state index is 0.442. The van der Waals surface area contributed by atoms with Gasteiger partial charge >= 0.3 is 0 Å². The lowest BCUT2D eigenvalue weighted by Gasteiger charge is -2.06. The lowest BCUT2D eigenvalue weighted by Crippen LogP contribution is -2.05. The van der Waals surface area contributed by atoms with Crippen molar-refractivity contribution in [3.63, 3.8) is 0 Å². The Morgan fingerprint density at radius 2 is 2.28 bits per heavy atom. The highest BCUT2D eigenvalue weighted by Crippen LogP contribution is 2.11. The summed E-state index contributed by atoms with van der Waals surface area (Å²) in [6.45, 7) is 2.26. The first kappa shape index (κ1) is 13.9. The van der Waals surface area contributed by atoms with Gasteiger partial charge in [-0.2, -0.15) is 0 Å². The van der Waals surface area contributed by atoms with Crippen LogP contribution in [0.15, 0.2) is 29.0 Å². The van der Waals surface area contributed by atoms with Gasteiger partial charge in [0.1, 0.15) is 17.4 Å². The fraction of sp³-hybridized carbons (Fsp3) is 0.250. The first-order valence-corrected chi connectivity index (χ1v) is 5.29. The quantitative estimate of drug-likeness (QED) is 0.796. The average Bonchev–Trinajstić information content (AvgIpc) is 2.92. The van der Waals surface area contributed by atoms with Crippen molar-refractivity contribution >= 4 is 12.1 Å². The summed E-state index contributed by atoms with van der Waals surface area (Å²) in [6, 6.07) is 3.66. The van der Waals surface area contributed by atoms with Gasteiger partial charge in [-0.1, -0.05) is 0 Å². The first-order valence-electron chi connectivity index (χ1n) is 5.29. The molecular weight excluding hydrogens is 234 g/mol. The van der Waals surface area contributed by atoms with Gasteiger partial charge < -0.3 is 14.8 Å². The fourth-order valence-corrected chi connectivity index (χ4v) is 1.29. The Labute approximate surface area is 105 Å². The van der Waals surface area contributed by atoms with E-state index >= 15 is 0 Å². The molecule has 0 aliphatic heterocycles. The Morgan fingerprint density at radius 3 is 2.89 bits per heavy atom. The van der Waals surface area contributed by atoms with Crippen LogP contribution in [0.3, 0.4) is 0 Å². The molecule has 2 rings (SSSR count). The Hall–Kier alpha value is -2.21. The maximum Gasteiger partial charge on any atom is 0.155 e. The number of aryl methyl sites for hydroxylation is 1. The minimum atomic E-state index is 0.442. The van der Waals surface area contributed by atoms with Gasteiger partial charge in [-0.05, 0) is 19.1 Å². The van der Waals surface area contributed by atoms with E-state index in [0.29, 0.717) is 23.8 Å². The van der Waals surface area contributed by atoms with E-state index in [1.807, 2.05) is 12.1 Å². The summed E-state index contributed by atoms with van der Waals surface area (Å²) < 4.78 is 5.16. The number of rotatable bonds is 4. The molecule has 2 aromatic heterocycles. The summed E-state index contributed by atoms with van der Waals surface area (Å²) in [6.07, 6.45) is 3.83. The number of anilines is 1. The Kier molecular flexibility index (Phi) is 5.53. The molecule has 2 aromatic rings. The summed E-state index contributed by atoms with van der Waals surface area (Å²) in [4.78, 5) is 18.9. The van der Waals surface area contributed by atoms with Gasteiger partial charge in [-0.25, -0.2) is 9.97 Å². The van der Waals surface area contributed by atoms with Crippen LogP contribution in [0.2, 0.25) is 0 Å². The molecule has 0 unspecified atom stereocenters. The molecule has 0 spiro atoms. The smallest absolute Gasteiger partial charge is 0.155 e. The van der Waals surface area contributed by atoms with Crippen molar-refractivity contribution in [1.82, 2.24) is 9.97 Å². The normalized spacial score (nSPS) is 9.28. The third kappa shape index (κ3) is 3.67. The van der Waals surface area contributed by atoms with E-state index in [9.17, 15) is 4.79 Å². The topological polar surface area (TPSA) is 88.3 Å². The van der Waals surface area contributed by atoms with E-state index in [0.717, 1.165) is 19.2 Å². The minimum Gasteiger partial charge on any atom is -0.467 e. The van der Waals surface area contributed by atoms with E-state index < -0.39 is 0 Å². The Balaban J connectivity index is 0.000000771.